The molecule has 8 heteroatoms. The smallest absolute Gasteiger partial charge is 0.240 e. The van der Waals surface area contributed by atoms with Crippen LogP contribution in [0.3, 0.4) is 0 Å². The molecule has 2 aromatic rings. The van der Waals surface area contributed by atoms with Gasteiger partial charge in [0, 0.05) is 39.0 Å². The third-order valence-corrected chi connectivity index (χ3v) is 6.60. The lowest BCUT2D eigenvalue weighted by Crippen LogP contribution is -2.47. The maximum absolute atomic E-state index is 12.4. The molecule has 0 aromatic heterocycles. The molecule has 31 heavy (non-hydrogen) atoms. The highest BCUT2D eigenvalue weighted by atomic mass is 32.2. The summed E-state index contributed by atoms with van der Waals surface area (Å²) in [6.07, 6.45) is 2.03. The van der Waals surface area contributed by atoms with Gasteiger partial charge in [-0.05, 0) is 38.1 Å². The van der Waals surface area contributed by atoms with E-state index in [1.807, 2.05) is 44.2 Å². The van der Waals surface area contributed by atoms with Crippen molar-refractivity contribution >= 4 is 16.0 Å². The molecule has 0 aliphatic carbocycles. The summed E-state index contributed by atoms with van der Waals surface area (Å²) in [5.41, 5.74) is 1.02. The van der Waals surface area contributed by atoms with Gasteiger partial charge in [0.25, 0.3) is 0 Å². The molecule has 0 spiro atoms. The molecule has 0 radical (unpaired) electrons. The topological polar surface area (TPSA) is 83.0 Å². The lowest BCUT2D eigenvalue weighted by atomic mass is 10.1. The molecular formula is C23H32N4O3S. The molecule has 0 bridgehead atoms. The zero-order valence-corrected chi connectivity index (χ0v) is 19.1. The minimum atomic E-state index is -3.52. The fourth-order valence-corrected chi connectivity index (χ4v) is 4.47. The van der Waals surface area contributed by atoms with Gasteiger partial charge in [0.05, 0.1) is 11.4 Å². The Bertz CT molecular complexity index is 939. The number of nitrogens with zero attached hydrogens (tertiary/aromatic N) is 2. The van der Waals surface area contributed by atoms with Gasteiger partial charge in [0.15, 0.2) is 5.96 Å². The highest BCUT2D eigenvalue weighted by Gasteiger charge is 2.22. The van der Waals surface area contributed by atoms with E-state index in [0.29, 0.717) is 6.54 Å². The summed E-state index contributed by atoms with van der Waals surface area (Å²) in [5, 5.41) is 3.31. The van der Waals surface area contributed by atoms with Crippen molar-refractivity contribution in [2.75, 3.05) is 32.7 Å². The van der Waals surface area contributed by atoms with Crippen LogP contribution in [0.5, 0.6) is 5.75 Å². The third kappa shape index (κ3) is 6.97. The van der Waals surface area contributed by atoms with Crippen LogP contribution in [-0.4, -0.2) is 58.1 Å². The Morgan fingerprint density at radius 2 is 1.77 bits per heavy atom. The second-order valence-electron chi connectivity index (χ2n) is 7.56. The minimum Gasteiger partial charge on any atom is -0.490 e. The zero-order chi connectivity index (χ0) is 22.1. The number of para-hydroxylation sites is 1. The molecule has 0 atom stereocenters. The average molecular weight is 445 g/mol. The molecule has 168 valence electrons. The predicted molar refractivity (Wildman–Crippen MR) is 124 cm³/mol. The molecule has 1 heterocycles. The highest BCUT2D eigenvalue weighted by molar-refractivity contribution is 7.89. The number of guanidine groups is 1. The van der Waals surface area contributed by atoms with Crippen molar-refractivity contribution in [3.8, 4) is 5.75 Å². The van der Waals surface area contributed by atoms with E-state index in [1.54, 1.807) is 24.3 Å². The molecule has 1 aliphatic heterocycles. The van der Waals surface area contributed by atoms with Crippen LogP contribution in [0.4, 0.5) is 0 Å². The Labute approximate surface area is 185 Å². The van der Waals surface area contributed by atoms with E-state index < -0.39 is 10.0 Å². The fourth-order valence-electron chi connectivity index (χ4n) is 3.45. The van der Waals surface area contributed by atoms with Crippen molar-refractivity contribution in [1.82, 2.24) is 14.9 Å². The van der Waals surface area contributed by atoms with Gasteiger partial charge in [-0.15, -0.1) is 0 Å². The van der Waals surface area contributed by atoms with Crippen molar-refractivity contribution < 1.29 is 13.2 Å². The van der Waals surface area contributed by atoms with Crippen molar-refractivity contribution in [3.63, 3.8) is 0 Å². The standard InChI is InChI=1S/C23H32N4O3S/c1-3-24-23(25-15-16-26-31(28,29)22-11-9-19(2)10-12-22)27-17-13-21(14-18-27)30-20-7-5-4-6-8-20/h4-12,21,26H,3,13-18H2,1-2H3,(H,24,25). The second kappa shape index (κ2) is 11.2. The van der Waals surface area contributed by atoms with Crippen LogP contribution in [0.15, 0.2) is 64.5 Å². The monoisotopic (exact) mass is 444 g/mol. The summed E-state index contributed by atoms with van der Waals surface area (Å²) in [5.74, 6) is 1.72. The molecule has 2 N–H and O–H groups in total. The first-order valence-corrected chi connectivity index (χ1v) is 12.3. The average Bonchev–Trinajstić information content (AvgIpc) is 2.77. The van der Waals surface area contributed by atoms with Crippen molar-refractivity contribution in [1.29, 1.82) is 0 Å². The number of piperidine rings is 1. The molecule has 1 aliphatic rings. The number of nitrogens with one attached hydrogen (secondary N) is 2. The van der Waals surface area contributed by atoms with Crippen molar-refractivity contribution in [2.45, 2.75) is 37.7 Å². The zero-order valence-electron chi connectivity index (χ0n) is 18.3. The summed E-state index contributed by atoms with van der Waals surface area (Å²) < 4.78 is 33.5. The van der Waals surface area contributed by atoms with E-state index in [0.717, 1.165) is 49.7 Å². The van der Waals surface area contributed by atoms with Gasteiger partial charge in [-0.1, -0.05) is 35.9 Å². The number of hydrogen-bond acceptors (Lipinski definition) is 4. The van der Waals surface area contributed by atoms with Gasteiger partial charge < -0.3 is 15.0 Å². The lowest BCUT2D eigenvalue weighted by molar-refractivity contribution is 0.129. The Morgan fingerprint density at radius 3 is 2.42 bits per heavy atom. The highest BCUT2D eigenvalue weighted by Crippen LogP contribution is 2.18. The van der Waals surface area contributed by atoms with Crippen LogP contribution in [0.1, 0.15) is 25.3 Å². The molecule has 0 unspecified atom stereocenters. The first-order chi connectivity index (χ1) is 15.0. The number of ether oxygens (including phenoxy) is 1. The molecule has 1 saturated heterocycles. The predicted octanol–water partition coefficient (Wildman–Crippen LogP) is 2.78. The van der Waals surface area contributed by atoms with E-state index in [2.05, 4.69) is 19.9 Å². The molecule has 0 amide bonds. The third-order valence-electron chi connectivity index (χ3n) is 5.12. The fraction of sp³-hybridized carbons (Fsp3) is 0.435. The Hall–Kier alpha value is -2.58. The van der Waals surface area contributed by atoms with Gasteiger partial charge >= 0.3 is 0 Å². The van der Waals surface area contributed by atoms with E-state index in [1.165, 1.54) is 0 Å². The summed E-state index contributed by atoms with van der Waals surface area (Å²) >= 11 is 0. The summed E-state index contributed by atoms with van der Waals surface area (Å²) in [6.45, 7) is 7.02. The number of likely N-dealkylation sites (tertiary alicyclic amines) is 1. The number of aliphatic imine (C=N–C) groups is 1. The first-order valence-electron chi connectivity index (χ1n) is 10.8. The van der Waals surface area contributed by atoms with Crippen LogP contribution in [0, 0.1) is 6.92 Å². The minimum absolute atomic E-state index is 0.197. The lowest BCUT2D eigenvalue weighted by Gasteiger charge is -2.34. The quantitative estimate of drug-likeness (QED) is 0.372. The van der Waals surface area contributed by atoms with Crippen LogP contribution in [0.2, 0.25) is 0 Å². The van der Waals surface area contributed by atoms with E-state index in [4.69, 9.17) is 4.74 Å². The van der Waals surface area contributed by atoms with Gasteiger partial charge in [0.2, 0.25) is 10.0 Å². The van der Waals surface area contributed by atoms with Crippen molar-refractivity contribution in [2.24, 2.45) is 4.99 Å². The Morgan fingerprint density at radius 1 is 1.10 bits per heavy atom. The van der Waals surface area contributed by atoms with Gasteiger partial charge in [-0.2, -0.15) is 0 Å². The van der Waals surface area contributed by atoms with Gasteiger partial charge in [-0.25, -0.2) is 13.1 Å². The van der Waals surface area contributed by atoms with Gasteiger partial charge in [0.1, 0.15) is 11.9 Å². The Balaban J connectivity index is 1.49. The summed E-state index contributed by atoms with van der Waals surface area (Å²) in [4.78, 5) is 7.10. The normalized spacial score (nSPS) is 15.7. The number of sulfonamides is 1. The first kappa shape index (κ1) is 23.1. The molecule has 7 nitrogen and oxygen atoms in total. The molecule has 3 rings (SSSR count). The van der Waals surface area contributed by atoms with E-state index >= 15 is 0 Å². The summed E-state index contributed by atoms with van der Waals surface area (Å²) in [6, 6.07) is 16.7. The maximum atomic E-state index is 12.4. The van der Waals surface area contributed by atoms with Crippen LogP contribution >= 0.6 is 0 Å². The maximum Gasteiger partial charge on any atom is 0.240 e. The van der Waals surface area contributed by atoms with E-state index in [-0.39, 0.29) is 17.5 Å². The SMILES string of the molecule is CCNC(=NCCNS(=O)(=O)c1ccc(C)cc1)N1CCC(Oc2ccccc2)CC1. The van der Waals surface area contributed by atoms with Crippen LogP contribution < -0.4 is 14.8 Å². The van der Waals surface area contributed by atoms with Crippen LogP contribution in [0.25, 0.3) is 0 Å². The second-order valence-corrected chi connectivity index (χ2v) is 9.33. The number of aryl methyl sites for hydroxylation is 1. The van der Waals surface area contributed by atoms with Crippen molar-refractivity contribution in [3.05, 3.63) is 60.2 Å². The number of benzene rings is 2. The Kier molecular flexibility index (Phi) is 8.31. The van der Waals surface area contributed by atoms with E-state index in [9.17, 15) is 8.42 Å². The molecular weight excluding hydrogens is 412 g/mol. The largest absolute Gasteiger partial charge is 0.490 e. The number of hydrogen-bond donors (Lipinski definition) is 2. The van der Waals surface area contributed by atoms with Crippen LogP contribution in [-0.2, 0) is 10.0 Å². The molecule has 0 saturated carbocycles. The molecule has 2 aromatic carbocycles. The summed E-state index contributed by atoms with van der Waals surface area (Å²) in [7, 11) is -3.52. The molecule has 1 fully saturated rings. The number of rotatable bonds is 8. The van der Waals surface area contributed by atoms with Gasteiger partial charge in [-0.3, -0.25) is 4.99 Å².